The van der Waals surface area contributed by atoms with E-state index >= 15 is 0 Å². The van der Waals surface area contributed by atoms with E-state index in [9.17, 15) is 19.1 Å². The Labute approximate surface area is 177 Å². The highest BCUT2D eigenvalue weighted by Crippen LogP contribution is 2.27. The first-order chi connectivity index (χ1) is 14.5. The quantitative estimate of drug-likeness (QED) is 0.525. The number of ether oxygens (including phenoxy) is 1. The molecule has 0 aliphatic carbocycles. The lowest BCUT2D eigenvalue weighted by atomic mass is 10.1. The molecule has 3 aromatic rings. The van der Waals surface area contributed by atoms with Crippen molar-refractivity contribution in [2.24, 2.45) is 0 Å². The molecule has 2 N–H and O–H groups in total. The van der Waals surface area contributed by atoms with E-state index in [1.54, 1.807) is 30.6 Å². The molecule has 1 amide bonds. The third kappa shape index (κ3) is 5.43. The maximum absolute atomic E-state index is 13.1. The largest absolute Gasteiger partial charge is 0.478 e. The van der Waals surface area contributed by atoms with Gasteiger partial charge in [0.15, 0.2) is 0 Å². The van der Waals surface area contributed by atoms with E-state index in [1.807, 2.05) is 22.4 Å². The highest BCUT2D eigenvalue weighted by atomic mass is 32.1. The van der Waals surface area contributed by atoms with Crippen molar-refractivity contribution >= 4 is 34.6 Å². The summed E-state index contributed by atoms with van der Waals surface area (Å²) in [7, 11) is 1.59. The van der Waals surface area contributed by atoms with Crippen molar-refractivity contribution in [1.29, 1.82) is 0 Å². The molecule has 0 atom stereocenters. The van der Waals surface area contributed by atoms with Gasteiger partial charge in [0.1, 0.15) is 5.82 Å². The number of methoxy groups -OCH3 is 1. The van der Waals surface area contributed by atoms with E-state index in [4.69, 9.17) is 4.74 Å². The lowest BCUT2D eigenvalue weighted by Gasteiger charge is -2.26. The monoisotopic (exact) mass is 428 g/mol. The van der Waals surface area contributed by atoms with E-state index in [1.165, 1.54) is 30.3 Å². The van der Waals surface area contributed by atoms with Crippen LogP contribution >= 0.6 is 11.3 Å². The number of halogens is 1. The molecule has 1 aromatic heterocycles. The molecule has 30 heavy (non-hydrogen) atoms. The number of nitrogens with one attached hydrogen (secondary N) is 1. The van der Waals surface area contributed by atoms with Crippen molar-refractivity contribution in [2.45, 2.75) is 6.54 Å². The van der Waals surface area contributed by atoms with Gasteiger partial charge in [-0.05, 0) is 53.9 Å². The highest BCUT2D eigenvalue weighted by Gasteiger charge is 2.18. The predicted octanol–water partition coefficient (Wildman–Crippen LogP) is 4.49. The summed E-state index contributed by atoms with van der Waals surface area (Å²) in [6.07, 6.45) is 0. The average molecular weight is 428 g/mol. The molecule has 0 fully saturated rings. The molecule has 8 heteroatoms. The van der Waals surface area contributed by atoms with Crippen molar-refractivity contribution < 1.29 is 23.8 Å². The number of carboxylic acids is 1. The van der Waals surface area contributed by atoms with E-state index < -0.39 is 17.7 Å². The lowest BCUT2D eigenvalue weighted by Crippen LogP contribution is -2.28. The SMILES string of the molecule is COCCN(Cc1cccs1)c1ccc(NC(=O)c2ccc(F)cc2)cc1C(=O)O. The highest BCUT2D eigenvalue weighted by molar-refractivity contribution is 7.09. The average Bonchev–Trinajstić information content (AvgIpc) is 3.24. The molecule has 156 valence electrons. The van der Waals surface area contributed by atoms with Crippen molar-refractivity contribution in [2.75, 3.05) is 30.5 Å². The van der Waals surface area contributed by atoms with Gasteiger partial charge in [-0.25, -0.2) is 9.18 Å². The summed E-state index contributed by atoms with van der Waals surface area (Å²) in [4.78, 5) is 27.3. The van der Waals surface area contributed by atoms with Crippen molar-refractivity contribution in [1.82, 2.24) is 0 Å². The topological polar surface area (TPSA) is 78.9 Å². The zero-order valence-electron chi connectivity index (χ0n) is 16.3. The second kappa shape index (κ2) is 10.00. The molecule has 0 radical (unpaired) electrons. The standard InChI is InChI=1S/C22H21FN2O4S/c1-29-11-10-25(14-18-3-2-12-30-18)20-9-8-17(13-19(20)22(27)28)24-21(26)15-4-6-16(23)7-5-15/h2-9,12-13H,10-11,14H2,1H3,(H,24,26)(H,27,28). The van der Waals surface area contributed by atoms with E-state index in [2.05, 4.69) is 5.32 Å². The summed E-state index contributed by atoms with van der Waals surface area (Å²) >= 11 is 1.59. The van der Waals surface area contributed by atoms with Crippen LogP contribution in [0.2, 0.25) is 0 Å². The molecule has 0 aliphatic heterocycles. The van der Waals surface area contributed by atoms with Gasteiger partial charge in [0.25, 0.3) is 5.91 Å². The molecule has 0 bridgehead atoms. The minimum absolute atomic E-state index is 0.0690. The second-order valence-electron chi connectivity index (χ2n) is 6.49. The van der Waals surface area contributed by atoms with Gasteiger partial charge in [-0.15, -0.1) is 11.3 Å². The van der Waals surface area contributed by atoms with Crippen LogP contribution in [0.25, 0.3) is 0 Å². The molecular formula is C22H21FN2O4S. The number of rotatable bonds is 9. The smallest absolute Gasteiger partial charge is 0.337 e. The Kier molecular flexibility index (Phi) is 7.16. The number of aromatic carboxylic acids is 1. The van der Waals surface area contributed by atoms with Crippen LogP contribution in [-0.2, 0) is 11.3 Å². The number of amides is 1. The van der Waals surface area contributed by atoms with E-state index in [-0.39, 0.29) is 11.1 Å². The fraction of sp³-hybridized carbons (Fsp3) is 0.182. The fourth-order valence-electron chi connectivity index (χ4n) is 2.94. The Morgan fingerprint density at radius 3 is 2.57 bits per heavy atom. The Morgan fingerprint density at radius 1 is 1.17 bits per heavy atom. The molecule has 0 saturated carbocycles. The Bertz CT molecular complexity index is 1010. The maximum Gasteiger partial charge on any atom is 0.337 e. The molecule has 0 aliphatic rings. The first kappa shape index (κ1) is 21.5. The number of benzene rings is 2. The zero-order valence-corrected chi connectivity index (χ0v) is 17.1. The second-order valence-corrected chi connectivity index (χ2v) is 7.52. The summed E-state index contributed by atoms with van der Waals surface area (Å²) in [6, 6.07) is 13.8. The van der Waals surface area contributed by atoms with Crippen molar-refractivity contribution in [3.8, 4) is 0 Å². The van der Waals surface area contributed by atoms with Gasteiger partial charge in [-0.3, -0.25) is 4.79 Å². The number of hydrogen-bond acceptors (Lipinski definition) is 5. The van der Waals surface area contributed by atoms with Gasteiger partial charge in [0.05, 0.1) is 24.4 Å². The summed E-state index contributed by atoms with van der Waals surface area (Å²) in [5.74, 6) is -1.99. The normalized spacial score (nSPS) is 10.6. The zero-order chi connectivity index (χ0) is 21.5. The first-order valence-corrected chi connectivity index (χ1v) is 10.1. The van der Waals surface area contributed by atoms with Gasteiger partial charge < -0.3 is 20.1 Å². The van der Waals surface area contributed by atoms with Crippen LogP contribution in [0.4, 0.5) is 15.8 Å². The van der Waals surface area contributed by atoms with Gasteiger partial charge in [-0.2, -0.15) is 0 Å². The van der Waals surface area contributed by atoms with Crippen molar-refractivity contribution in [3.63, 3.8) is 0 Å². The number of carbonyl (C=O) groups excluding carboxylic acids is 1. The molecule has 2 aromatic carbocycles. The third-order valence-corrected chi connectivity index (χ3v) is 5.29. The first-order valence-electron chi connectivity index (χ1n) is 9.18. The number of thiophene rings is 1. The predicted molar refractivity (Wildman–Crippen MR) is 115 cm³/mol. The minimum atomic E-state index is -1.10. The van der Waals surface area contributed by atoms with E-state index in [0.29, 0.717) is 31.1 Å². The summed E-state index contributed by atoms with van der Waals surface area (Å²) in [6.45, 7) is 1.49. The van der Waals surface area contributed by atoms with Crippen LogP contribution in [0.1, 0.15) is 25.6 Å². The summed E-state index contributed by atoms with van der Waals surface area (Å²) in [5, 5.41) is 14.4. The van der Waals surface area contributed by atoms with Gasteiger partial charge in [-0.1, -0.05) is 6.07 Å². The number of carbonyl (C=O) groups is 2. The maximum atomic E-state index is 13.1. The Morgan fingerprint density at radius 2 is 1.93 bits per heavy atom. The van der Waals surface area contributed by atoms with Crippen LogP contribution in [0, 0.1) is 5.82 Å². The van der Waals surface area contributed by atoms with Gasteiger partial charge in [0, 0.05) is 29.8 Å². The van der Waals surface area contributed by atoms with Crippen LogP contribution in [0.5, 0.6) is 0 Å². The summed E-state index contributed by atoms with van der Waals surface area (Å²) in [5.41, 5.74) is 1.22. The molecule has 1 heterocycles. The number of anilines is 2. The minimum Gasteiger partial charge on any atom is -0.478 e. The molecular weight excluding hydrogens is 407 g/mol. The van der Waals surface area contributed by atoms with Crippen LogP contribution in [-0.4, -0.2) is 37.2 Å². The van der Waals surface area contributed by atoms with Crippen LogP contribution in [0.15, 0.2) is 60.0 Å². The third-order valence-electron chi connectivity index (χ3n) is 4.42. The van der Waals surface area contributed by atoms with Crippen molar-refractivity contribution in [3.05, 3.63) is 81.8 Å². The molecule has 0 unspecified atom stereocenters. The molecule has 0 saturated heterocycles. The number of hydrogen-bond donors (Lipinski definition) is 2. The molecule has 0 spiro atoms. The Balaban J connectivity index is 1.86. The van der Waals surface area contributed by atoms with E-state index in [0.717, 1.165) is 4.88 Å². The Hall–Kier alpha value is -3.23. The van der Waals surface area contributed by atoms with Gasteiger partial charge >= 0.3 is 5.97 Å². The fourth-order valence-corrected chi connectivity index (χ4v) is 3.66. The van der Waals surface area contributed by atoms with Crippen LogP contribution in [0.3, 0.4) is 0 Å². The van der Waals surface area contributed by atoms with Gasteiger partial charge in [0.2, 0.25) is 0 Å². The summed E-state index contributed by atoms with van der Waals surface area (Å²) < 4.78 is 18.2. The molecule has 6 nitrogen and oxygen atoms in total. The molecule has 3 rings (SSSR count). The lowest BCUT2D eigenvalue weighted by molar-refractivity contribution is 0.0697. The van der Waals surface area contributed by atoms with Crippen LogP contribution < -0.4 is 10.2 Å². The number of carboxylic acid groups (broad SMARTS) is 1. The number of nitrogens with zero attached hydrogens (tertiary/aromatic N) is 1.